The smallest absolute Gasteiger partial charge is 0.338 e. The van der Waals surface area contributed by atoms with Gasteiger partial charge in [-0.2, -0.15) is 0 Å². The van der Waals surface area contributed by atoms with E-state index in [1.54, 1.807) is 31.2 Å². The summed E-state index contributed by atoms with van der Waals surface area (Å²) >= 11 is 0. The Balaban J connectivity index is 1.47. The molecule has 0 aromatic heterocycles. The lowest BCUT2D eigenvalue weighted by Crippen LogP contribution is -2.41. The summed E-state index contributed by atoms with van der Waals surface area (Å²) in [5, 5.41) is 2.91. The topological polar surface area (TPSA) is 58.6 Å². The van der Waals surface area contributed by atoms with Crippen LogP contribution in [0.25, 0.3) is 0 Å². The van der Waals surface area contributed by atoms with E-state index in [0.29, 0.717) is 23.8 Å². The lowest BCUT2D eigenvalue weighted by Gasteiger charge is -2.32. The molecule has 2 aromatic rings. The summed E-state index contributed by atoms with van der Waals surface area (Å²) in [5.74, 6) is 0.274. The fourth-order valence-corrected chi connectivity index (χ4v) is 3.39. The maximum Gasteiger partial charge on any atom is 0.338 e. The van der Waals surface area contributed by atoms with E-state index < -0.39 is 0 Å². The third-order valence-corrected chi connectivity index (χ3v) is 4.92. The Hall–Kier alpha value is -2.82. The summed E-state index contributed by atoms with van der Waals surface area (Å²) in [4.78, 5) is 26.0. The Labute approximate surface area is 160 Å². The van der Waals surface area contributed by atoms with Crippen molar-refractivity contribution in [3.8, 4) is 0 Å². The molecule has 0 saturated carbocycles. The van der Waals surface area contributed by atoms with Crippen LogP contribution in [-0.2, 0) is 11.2 Å². The van der Waals surface area contributed by atoms with E-state index in [1.165, 1.54) is 5.56 Å². The van der Waals surface area contributed by atoms with Crippen molar-refractivity contribution < 1.29 is 14.3 Å². The highest BCUT2D eigenvalue weighted by Gasteiger charge is 2.23. The van der Waals surface area contributed by atoms with Gasteiger partial charge in [0.25, 0.3) is 0 Å². The molecule has 1 aliphatic rings. The van der Waals surface area contributed by atoms with Crippen molar-refractivity contribution >= 4 is 17.7 Å². The van der Waals surface area contributed by atoms with E-state index in [1.807, 2.05) is 11.0 Å². The van der Waals surface area contributed by atoms with Gasteiger partial charge in [-0.05, 0) is 61.9 Å². The second-order valence-corrected chi connectivity index (χ2v) is 6.85. The number of esters is 1. The number of rotatable bonds is 5. The van der Waals surface area contributed by atoms with Crippen molar-refractivity contribution in [2.45, 2.75) is 26.2 Å². The molecule has 2 amide bonds. The first kappa shape index (κ1) is 19.0. The number of benzene rings is 2. The minimum absolute atomic E-state index is 0.0861. The average molecular weight is 366 g/mol. The number of piperidine rings is 1. The number of anilines is 1. The molecule has 0 atom stereocenters. The maximum absolute atomic E-state index is 12.5. The summed E-state index contributed by atoms with van der Waals surface area (Å²) in [6, 6.07) is 17.2. The Bertz CT molecular complexity index is 751. The number of hydrogen-bond donors (Lipinski definition) is 1. The zero-order valence-corrected chi connectivity index (χ0v) is 15.7. The summed E-state index contributed by atoms with van der Waals surface area (Å²) in [7, 11) is 0. The third-order valence-electron chi connectivity index (χ3n) is 4.92. The Morgan fingerprint density at radius 3 is 2.33 bits per heavy atom. The van der Waals surface area contributed by atoms with Crippen molar-refractivity contribution in [3.05, 3.63) is 65.7 Å². The van der Waals surface area contributed by atoms with Crippen LogP contribution in [0.4, 0.5) is 10.5 Å². The van der Waals surface area contributed by atoms with Gasteiger partial charge in [-0.3, -0.25) is 0 Å². The molecule has 3 rings (SSSR count). The van der Waals surface area contributed by atoms with Crippen molar-refractivity contribution in [1.82, 2.24) is 4.90 Å². The number of nitrogens with zero attached hydrogens (tertiary/aromatic N) is 1. The van der Waals surface area contributed by atoms with Gasteiger partial charge in [0.1, 0.15) is 0 Å². The second kappa shape index (κ2) is 9.21. The highest BCUT2D eigenvalue weighted by atomic mass is 16.5. The average Bonchev–Trinajstić information content (AvgIpc) is 2.70. The van der Waals surface area contributed by atoms with Crippen LogP contribution in [0.15, 0.2) is 54.6 Å². The molecule has 142 valence electrons. The van der Waals surface area contributed by atoms with Crippen LogP contribution >= 0.6 is 0 Å². The first-order chi connectivity index (χ1) is 13.2. The number of ether oxygens (including phenoxy) is 1. The van der Waals surface area contributed by atoms with E-state index >= 15 is 0 Å². The summed E-state index contributed by atoms with van der Waals surface area (Å²) < 4.78 is 4.96. The number of amides is 2. The van der Waals surface area contributed by atoms with Crippen LogP contribution in [0.1, 0.15) is 35.7 Å². The van der Waals surface area contributed by atoms with Crippen molar-refractivity contribution in [2.75, 3.05) is 25.0 Å². The molecular formula is C22H26N2O3. The first-order valence-electron chi connectivity index (χ1n) is 9.52. The molecule has 1 N–H and O–H groups in total. The van der Waals surface area contributed by atoms with Gasteiger partial charge in [0.2, 0.25) is 0 Å². The molecule has 1 heterocycles. The van der Waals surface area contributed by atoms with Crippen molar-refractivity contribution in [1.29, 1.82) is 0 Å². The Kier molecular flexibility index (Phi) is 6.47. The van der Waals surface area contributed by atoms with Gasteiger partial charge in [-0.1, -0.05) is 30.3 Å². The molecular weight excluding hydrogens is 340 g/mol. The number of carbonyl (C=O) groups excluding carboxylic acids is 2. The standard InChI is InChI=1S/C22H26N2O3/c1-2-27-21(25)19-8-10-20(11-9-19)23-22(26)24-14-12-18(13-15-24)16-17-6-4-3-5-7-17/h3-11,18H,2,12-16H2,1H3,(H,23,26). The van der Waals surface area contributed by atoms with Gasteiger partial charge in [0, 0.05) is 18.8 Å². The lowest BCUT2D eigenvalue weighted by molar-refractivity contribution is 0.0526. The zero-order valence-electron chi connectivity index (χ0n) is 15.7. The largest absolute Gasteiger partial charge is 0.462 e. The van der Waals surface area contributed by atoms with Gasteiger partial charge in [0.15, 0.2) is 0 Å². The van der Waals surface area contributed by atoms with Gasteiger partial charge in [0.05, 0.1) is 12.2 Å². The summed E-state index contributed by atoms with van der Waals surface area (Å²) in [5.41, 5.74) is 2.53. The van der Waals surface area contributed by atoms with Crippen molar-refractivity contribution in [3.63, 3.8) is 0 Å². The number of nitrogens with one attached hydrogen (secondary N) is 1. The lowest BCUT2D eigenvalue weighted by atomic mass is 9.90. The van der Waals surface area contributed by atoms with Crippen LogP contribution in [0.3, 0.4) is 0 Å². The van der Waals surface area contributed by atoms with Crippen LogP contribution < -0.4 is 5.32 Å². The predicted octanol–water partition coefficient (Wildman–Crippen LogP) is 4.35. The van der Waals surface area contributed by atoms with Crippen molar-refractivity contribution in [2.24, 2.45) is 5.92 Å². The quantitative estimate of drug-likeness (QED) is 0.801. The van der Waals surface area contributed by atoms with Gasteiger partial charge in [-0.25, -0.2) is 9.59 Å². The highest BCUT2D eigenvalue weighted by molar-refractivity contribution is 5.92. The molecule has 1 aliphatic heterocycles. The third kappa shape index (κ3) is 5.33. The molecule has 1 saturated heterocycles. The van der Waals surface area contributed by atoms with Gasteiger partial charge < -0.3 is 15.0 Å². The first-order valence-corrected chi connectivity index (χ1v) is 9.52. The number of likely N-dealkylation sites (tertiary alicyclic amines) is 1. The Morgan fingerprint density at radius 1 is 1.04 bits per heavy atom. The zero-order chi connectivity index (χ0) is 19.1. The SMILES string of the molecule is CCOC(=O)c1ccc(NC(=O)N2CCC(Cc3ccccc3)CC2)cc1. The number of urea groups is 1. The van der Waals surface area contributed by atoms with E-state index in [2.05, 4.69) is 29.6 Å². The van der Waals surface area contributed by atoms with E-state index in [0.717, 1.165) is 32.4 Å². The molecule has 0 unspecified atom stereocenters. The van der Waals surface area contributed by atoms with E-state index in [9.17, 15) is 9.59 Å². The molecule has 5 heteroatoms. The van der Waals surface area contributed by atoms with Crippen LogP contribution in [0.5, 0.6) is 0 Å². The van der Waals surface area contributed by atoms with E-state index in [4.69, 9.17) is 4.74 Å². The number of carbonyl (C=O) groups is 2. The predicted molar refractivity (Wildman–Crippen MR) is 106 cm³/mol. The van der Waals surface area contributed by atoms with Gasteiger partial charge in [-0.15, -0.1) is 0 Å². The molecule has 0 aliphatic carbocycles. The summed E-state index contributed by atoms with van der Waals surface area (Å²) in [6.45, 7) is 3.65. The van der Waals surface area contributed by atoms with Gasteiger partial charge >= 0.3 is 12.0 Å². The molecule has 0 radical (unpaired) electrons. The van der Waals surface area contributed by atoms with Crippen LogP contribution in [0.2, 0.25) is 0 Å². The molecule has 2 aromatic carbocycles. The molecule has 27 heavy (non-hydrogen) atoms. The monoisotopic (exact) mass is 366 g/mol. The van der Waals surface area contributed by atoms with Crippen LogP contribution in [-0.4, -0.2) is 36.6 Å². The molecule has 5 nitrogen and oxygen atoms in total. The molecule has 0 spiro atoms. The highest BCUT2D eigenvalue weighted by Crippen LogP contribution is 2.22. The minimum Gasteiger partial charge on any atom is -0.462 e. The maximum atomic E-state index is 12.5. The normalized spacial score (nSPS) is 14.6. The van der Waals surface area contributed by atoms with E-state index in [-0.39, 0.29) is 12.0 Å². The fourth-order valence-electron chi connectivity index (χ4n) is 3.39. The molecule has 0 bridgehead atoms. The summed E-state index contributed by atoms with van der Waals surface area (Å²) in [6.07, 6.45) is 3.11. The van der Waals surface area contributed by atoms with Crippen LogP contribution in [0, 0.1) is 5.92 Å². The fraction of sp³-hybridized carbons (Fsp3) is 0.364. The second-order valence-electron chi connectivity index (χ2n) is 6.85. The molecule has 1 fully saturated rings. The number of hydrogen-bond acceptors (Lipinski definition) is 3. The Morgan fingerprint density at radius 2 is 1.70 bits per heavy atom. The minimum atomic E-state index is -0.351.